The molecule has 0 amide bonds. The van der Waals surface area contributed by atoms with Crippen LogP contribution in [0.3, 0.4) is 0 Å². The Morgan fingerprint density at radius 1 is 1.50 bits per heavy atom. The van der Waals surface area contributed by atoms with Crippen molar-refractivity contribution in [2.45, 2.75) is 6.92 Å². The van der Waals surface area contributed by atoms with E-state index >= 15 is 0 Å². The van der Waals surface area contributed by atoms with E-state index in [1.54, 1.807) is 0 Å². The zero-order valence-electron chi connectivity index (χ0n) is 5.68. The molecule has 2 aromatic heterocycles. The van der Waals surface area contributed by atoms with Gasteiger partial charge in [-0.15, -0.1) is 0 Å². The molecule has 0 saturated heterocycles. The summed E-state index contributed by atoms with van der Waals surface area (Å²) in [4.78, 5) is 7.23. The molecule has 2 heteroatoms. The Balaban J connectivity index is 2.86. The van der Waals surface area contributed by atoms with Gasteiger partial charge in [-0.25, -0.2) is 0 Å². The van der Waals surface area contributed by atoms with E-state index in [9.17, 15) is 0 Å². The van der Waals surface area contributed by atoms with Crippen LogP contribution in [0.1, 0.15) is 5.69 Å². The van der Waals surface area contributed by atoms with Crippen LogP contribution in [0.2, 0.25) is 0 Å². The molecule has 0 atom stereocenters. The molecule has 0 aliphatic rings. The molecule has 0 unspecified atom stereocenters. The molecular weight excluding hydrogens is 124 g/mol. The number of nitrogens with one attached hydrogen (secondary N) is 1. The average molecular weight is 131 g/mol. The Hall–Kier alpha value is -1.31. The van der Waals surface area contributed by atoms with Gasteiger partial charge in [0.1, 0.15) is 0 Å². The smallest absolute Gasteiger partial charge is 0.0889 e. The number of aryl methyl sites for hydroxylation is 1. The summed E-state index contributed by atoms with van der Waals surface area (Å²) in [5, 5.41) is 0. The topological polar surface area (TPSA) is 28.7 Å². The second-order valence-electron chi connectivity index (χ2n) is 2.30. The summed E-state index contributed by atoms with van der Waals surface area (Å²) >= 11 is 0. The Kier molecular flexibility index (Phi) is 1.01. The zero-order valence-corrected chi connectivity index (χ0v) is 5.68. The monoisotopic (exact) mass is 131 g/mol. The van der Waals surface area contributed by atoms with Gasteiger partial charge in [-0.05, 0) is 25.1 Å². The Morgan fingerprint density at radius 2 is 2.40 bits per heavy atom. The van der Waals surface area contributed by atoms with E-state index in [4.69, 9.17) is 0 Å². The number of fused-ring (bicyclic) bond motifs is 1. The van der Waals surface area contributed by atoms with Crippen molar-refractivity contribution in [3.8, 4) is 0 Å². The van der Waals surface area contributed by atoms with Crippen molar-refractivity contribution in [3.63, 3.8) is 0 Å². The summed E-state index contributed by atoms with van der Waals surface area (Å²) in [5.74, 6) is 0. The van der Waals surface area contributed by atoms with E-state index in [-0.39, 0.29) is 0 Å². The fourth-order valence-corrected chi connectivity index (χ4v) is 0.975. The first-order valence-corrected chi connectivity index (χ1v) is 3.19. The van der Waals surface area contributed by atoms with Crippen LogP contribution in [0.15, 0.2) is 18.2 Å². The molecule has 1 N–H and O–H groups in total. The quantitative estimate of drug-likeness (QED) is 0.578. The van der Waals surface area contributed by atoms with Crippen LogP contribution in [0.4, 0.5) is 0 Å². The van der Waals surface area contributed by atoms with Crippen molar-refractivity contribution >= 4 is 11.0 Å². The minimum absolute atomic E-state index is 0.986. The van der Waals surface area contributed by atoms with Gasteiger partial charge in [-0.3, -0.25) is 4.98 Å². The number of hydrogen-bond donors (Lipinski definition) is 1. The minimum Gasteiger partial charge on any atom is -0.352 e. The fourth-order valence-electron chi connectivity index (χ4n) is 0.975. The van der Waals surface area contributed by atoms with Gasteiger partial charge in [0.15, 0.2) is 0 Å². The van der Waals surface area contributed by atoms with Crippen molar-refractivity contribution < 1.29 is 0 Å². The number of H-pyrrole nitrogens is 1. The normalized spacial score (nSPS) is 10.5. The lowest BCUT2D eigenvalue weighted by molar-refractivity contribution is 1.26. The largest absolute Gasteiger partial charge is 0.352 e. The van der Waals surface area contributed by atoms with Crippen molar-refractivity contribution in [2.24, 2.45) is 0 Å². The van der Waals surface area contributed by atoms with Crippen LogP contribution in [0.25, 0.3) is 11.0 Å². The first-order valence-electron chi connectivity index (χ1n) is 3.19. The first kappa shape index (κ1) is 5.47. The maximum Gasteiger partial charge on any atom is 0.0889 e. The molecule has 2 rings (SSSR count). The Morgan fingerprint density at radius 3 is 3.30 bits per heavy atom. The molecule has 0 fully saturated rings. The maximum absolute atomic E-state index is 4.27. The lowest BCUT2D eigenvalue weighted by Gasteiger charge is -1.89. The summed E-state index contributed by atoms with van der Waals surface area (Å²) < 4.78 is 0. The standard InChI is InChI=1S/C8H7N2/c1-6-2-3-7-8(10-6)4-5-9-7/h2-4,9H,1H3. The zero-order chi connectivity index (χ0) is 6.97. The van der Waals surface area contributed by atoms with E-state index in [2.05, 4.69) is 16.2 Å². The molecule has 0 saturated carbocycles. The lowest BCUT2D eigenvalue weighted by atomic mass is 10.3. The average Bonchev–Trinajstić information content (AvgIpc) is 2.33. The van der Waals surface area contributed by atoms with Gasteiger partial charge in [0, 0.05) is 5.69 Å². The third kappa shape index (κ3) is 0.692. The summed E-state index contributed by atoms with van der Waals surface area (Å²) in [6, 6.07) is 5.84. The summed E-state index contributed by atoms with van der Waals surface area (Å²) in [6.45, 7) is 1.98. The van der Waals surface area contributed by atoms with Gasteiger partial charge in [0.2, 0.25) is 0 Å². The highest BCUT2D eigenvalue weighted by Gasteiger charge is 1.93. The second kappa shape index (κ2) is 1.84. The molecular formula is C8H7N2. The SMILES string of the molecule is Cc1ccc2[nH][c]cc2n1. The summed E-state index contributed by atoms with van der Waals surface area (Å²) in [7, 11) is 0. The highest BCUT2D eigenvalue weighted by molar-refractivity contribution is 5.74. The lowest BCUT2D eigenvalue weighted by Crippen LogP contribution is -1.78. The van der Waals surface area contributed by atoms with Crippen LogP contribution < -0.4 is 0 Å². The van der Waals surface area contributed by atoms with Gasteiger partial charge >= 0.3 is 0 Å². The highest BCUT2D eigenvalue weighted by atomic mass is 14.8. The van der Waals surface area contributed by atoms with Crippen LogP contribution in [-0.2, 0) is 0 Å². The molecule has 2 heterocycles. The molecule has 49 valence electrons. The summed E-state index contributed by atoms with van der Waals surface area (Å²) in [5.41, 5.74) is 3.08. The van der Waals surface area contributed by atoms with Crippen molar-refractivity contribution in [2.75, 3.05) is 0 Å². The van der Waals surface area contributed by atoms with Crippen molar-refractivity contribution in [1.29, 1.82) is 0 Å². The van der Waals surface area contributed by atoms with Gasteiger partial charge < -0.3 is 4.98 Å². The number of aromatic amines is 1. The van der Waals surface area contributed by atoms with E-state index in [1.807, 2.05) is 25.1 Å². The molecule has 2 aromatic rings. The molecule has 0 aliphatic carbocycles. The van der Waals surface area contributed by atoms with Gasteiger partial charge in [-0.1, -0.05) is 0 Å². The van der Waals surface area contributed by atoms with E-state index in [0.29, 0.717) is 0 Å². The predicted octanol–water partition coefficient (Wildman–Crippen LogP) is 1.67. The van der Waals surface area contributed by atoms with Crippen molar-refractivity contribution in [1.82, 2.24) is 9.97 Å². The van der Waals surface area contributed by atoms with Crippen LogP contribution in [-0.4, -0.2) is 9.97 Å². The van der Waals surface area contributed by atoms with Gasteiger partial charge in [0.05, 0.1) is 17.2 Å². The van der Waals surface area contributed by atoms with E-state index in [0.717, 1.165) is 16.7 Å². The third-order valence-corrected chi connectivity index (χ3v) is 1.48. The number of pyridine rings is 1. The van der Waals surface area contributed by atoms with Crippen LogP contribution >= 0.6 is 0 Å². The minimum atomic E-state index is 0.986. The molecule has 10 heavy (non-hydrogen) atoms. The number of nitrogens with zero attached hydrogens (tertiary/aromatic N) is 1. The molecule has 0 aliphatic heterocycles. The molecule has 0 aromatic carbocycles. The number of aromatic nitrogens is 2. The van der Waals surface area contributed by atoms with Crippen molar-refractivity contribution in [3.05, 3.63) is 30.1 Å². The first-order chi connectivity index (χ1) is 4.86. The van der Waals surface area contributed by atoms with Crippen LogP contribution in [0, 0.1) is 13.1 Å². The summed E-state index contributed by atoms with van der Waals surface area (Å²) in [6.07, 6.45) is 2.88. The fraction of sp³-hybridized carbons (Fsp3) is 0.125. The van der Waals surface area contributed by atoms with Gasteiger partial charge in [0.25, 0.3) is 0 Å². The van der Waals surface area contributed by atoms with Gasteiger partial charge in [-0.2, -0.15) is 0 Å². The number of hydrogen-bond acceptors (Lipinski definition) is 1. The maximum atomic E-state index is 4.27. The Bertz CT molecular complexity index is 349. The molecule has 0 spiro atoms. The Labute approximate surface area is 58.9 Å². The highest BCUT2D eigenvalue weighted by Crippen LogP contribution is 2.08. The molecule has 2 nitrogen and oxygen atoms in total. The second-order valence-corrected chi connectivity index (χ2v) is 2.30. The third-order valence-electron chi connectivity index (χ3n) is 1.48. The molecule has 1 radical (unpaired) electrons. The van der Waals surface area contributed by atoms with E-state index in [1.165, 1.54) is 0 Å². The predicted molar refractivity (Wildman–Crippen MR) is 39.7 cm³/mol. The van der Waals surface area contributed by atoms with E-state index < -0.39 is 0 Å². The molecule has 0 bridgehead atoms. The number of rotatable bonds is 0. The van der Waals surface area contributed by atoms with Crippen LogP contribution in [0.5, 0.6) is 0 Å².